The summed E-state index contributed by atoms with van der Waals surface area (Å²) in [5.41, 5.74) is 6.48. The Labute approximate surface area is 229 Å². The molecule has 2 rings (SSSR count). The lowest BCUT2D eigenvalue weighted by Gasteiger charge is -2.13. The van der Waals surface area contributed by atoms with Crippen LogP contribution in [-0.4, -0.2) is 21.5 Å². The molecule has 0 bridgehead atoms. The molecule has 7 nitrogen and oxygen atoms in total. The lowest BCUT2D eigenvalue weighted by Crippen LogP contribution is -2.29. The van der Waals surface area contributed by atoms with Gasteiger partial charge in [0.2, 0.25) is 0 Å². The van der Waals surface area contributed by atoms with Crippen molar-refractivity contribution in [2.45, 2.75) is 19.3 Å². The summed E-state index contributed by atoms with van der Waals surface area (Å²) >= 11 is 8.80. The van der Waals surface area contributed by atoms with Crippen LogP contribution in [0.3, 0.4) is 0 Å². The molecule has 0 radical (unpaired) electrons. The maximum atomic E-state index is 12.7. The maximum Gasteiger partial charge on any atom is 0.417 e. The van der Waals surface area contributed by atoms with Crippen molar-refractivity contribution in [3.8, 4) is 18.2 Å². The SMILES string of the molecule is CC(N)=S.N#CC(C#N)C(=O)c1ccccc1C(F)(F)F.N#CC(C(=O)c1ccccc1C(F)(F)F)C(N)=S. The van der Waals surface area contributed by atoms with Crippen LogP contribution in [0.5, 0.6) is 0 Å². The van der Waals surface area contributed by atoms with Crippen molar-refractivity contribution in [3.63, 3.8) is 0 Å². The number of benzene rings is 2. The van der Waals surface area contributed by atoms with Gasteiger partial charge in [-0.25, -0.2) is 0 Å². The van der Waals surface area contributed by atoms with Gasteiger partial charge in [-0.15, -0.1) is 0 Å². The Hall–Kier alpha value is -4.39. The smallest absolute Gasteiger partial charge is 0.394 e. The van der Waals surface area contributed by atoms with Crippen LogP contribution < -0.4 is 11.5 Å². The summed E-state index contributed by atoms with van der Waals surface area (Å²) < 4.78 is 75.7. The molecule has 0 aromatic heterocycles. The van der Waals surface area contributed by atoms with E-state index in [0.717, 1.165) is 36.4 Å². The third-order valence-corrected chi connectivity index (χ3v) is 4.43. The number of thiocarbonyl (C=S) groups is 2. The van der Waals surface area contributed by atoms with Gasteiger partial charge in [-0.3, -0.25) is 9.59 Å². The molecule has 0 heterocycles. The first-order valence-corrected chi connectivity index (χ1v) is 10.9. The van der Waals surface area contributed by atoms with Crippen LogP contribution in [0, 0.1) is 45.8 Å². The number of hydrogen-bond donors (Lipinski definition) is 2. The van der Waals surface area contributed by atoms with E-state index >= 15 is 0 Å². The summed E-state index contributed by atoms with van der Waals surface area (Å²) in [5.74, 6) is -5.46. The number of carbonyl (C=O) groups is 2. The third kappa shape index (κ3) is 10.9. The second-order valence-corrected chi connectivity index (χ2v) is 8.20. The molecule has 0 aliphatic rings. The minimum absolute atomic E-state index is 0.445. The van der Waals surface area contributed by atoms with E-state index in [2.05, 4.69) is 24.4 Å². The number of rotatable bonds is 5. The summed E-state index contributed by atoms with van der Waals surface area (Å²) in [7, 11) is 0. The van der Waals surface area contributed by atoms with Crippen molar-refractivity contribution in [2.75, 3.05) is 0 Å². The molecular weight excluding hydrogens is 568 g/mol. The Kier molecular flexibility index (Phi) is 13.4. The molecule has 0 aliphatic carbocycles. The van der Waals surface area contributed by atoms with E-state index in [1.807, 2.05) is 0 Å². The minimum atomic E-state index is -4.69. The Morgan fingerprint density at radius 1 is 0.744 bits per heavy atom. The van der Waals surface area contributed by atoms with E-state index in [0.29, 0.717) is 4.99 Å². The molecule has 0 saturated heterocycles. The molecule has 0 saturated carbocycles. The van der Waals surface area contributed by atoms with Crippen molar-refractivity contribution in [1.82, 2.24) is 0 Å². The molecule has 0 fully saturated rings. The number of nitrogens with two attached hydrogens (primary N) is 2. The molecule has 0 amide bonds. The molecule has 15 heteroatoms. The topological polar surface area (TPSA) is 158 Å². The van der Waals surface area contributed by atoms with E-state index in [4.69, 9.17) is 27.3 Å². The van der Waals surface area contributed by atoms with Crippen LogP contribution in [0.1, 0.15) is 38.8 Å². The molecule has 1 unspecified atom stereocenters. The van der Waals surface area contributed by atoms with Gasteiger partial charge < -0.3 is 11.5 Å². The number of ketones is 2. The zero-order valence-electron chi connectivity index (χ0n) is 19.7. The summed E-state index contributed by atoms with van der Waals surface area (Å²) in [6.07, 6.45) is -9.37. The predicted octanol–water partition coefficient (Wildman–Crippen LogP) is 5.16. The number of nitriles is 3. The van der Waals surface area contributed by atoms with Gasteiger partial charge in [-0.1, -0.05) is 60.8 Å². The fourth-order valence-corrected chi connectivity index (χ4v) is 2.76. The van der Waals surface area contributed by atoms with Gasteiger partial charge in [-0.05, 0) is 19.1 Å². The summed E-state index contributed by atoms with van der Waals surface area (Å²) in [6, 6.07) is 12.4. The van der Waals surface area contributed by atoms with Gasteiger partial charge in [0.05, 0.1) is 39.3 Å². The van der Waals surface area contributed by atoms with Crippen LogP contribution in [0.25, 0.3) is 0 Å². The molecule has 2 aromatic rings. The Morgan fingerprint density at radius 2 is 1.08 bits per heavy atom. The minimum Gasteiger partial charge on any atom is -0.394 e. The van der Waals surface area contributed by atoms with Gasteiger partial charge in [0.1, 0.15) is 0 Å². The van der Waals surface area contributed by atoms with Crippen LogP contribution in [-0.2, 0) is 12.4 Å². The predicted molar refractivity (Wildman–Crippen MR) is 135 cm³/mol. The standard InChI is InChI=1S/C11H7F3N2OS.C11H5F3N2O.C2H5NS/c12-11(13,14)8-4-2-1-3-6(8)9(17)7(5-15)10(16)18;12-11(13,14)9-4-2-1-3-8(9)10(17)7(5-15)6-16;1-2(3)4/h1-4,7H,(H2,16,18);1-4,7H;1H3,(H2,3,4). The average Bonchev–Trinajstić information content (AvgIpc) is 2.84. The molecule has 0 spiro atoms. The first-order chi connectivity index (χ1) is 17.9. The molecule has 204 valence electrons. The fraction of sp³-hybridized carbons (Fsp3) is 0.208. The van der Waals surface area contributed by atoms with Gasteiger partial charge >= 0.3 is 12.4 Å². The lowest BCUT2D eigenvalue weighted by atomic mass is 9.94. The number of alkyl halides is 6. The third-order valence-electron chi connectivity index (χ3n) is 4.19. The van der Waals surface area contributed by atoms with Crippen LogP contribution in [0.15, 0.2) is 48.5 Å². The molecule has 2 aromatic carbocycles. The normalized spacial score (nSPS) is 11.1. The molecule has 0 aliphatic heterocycles. The molecular formula is C24H17F6N5O2S2. The number of halogens is 6. The van der Waals surface area contributed by atoms with Gasteiger partial charge in [-0.2, -0.15) is 42.1 Å². The monoisotopic (exact) mass is 585 g/mol. The van der Waals surface area contributed by atoms with Crippen molar-refractivity contribution < 1.29 is 35.9 Å². The highest BCUT2D eigenvalue weighted by molar-refractivity contribution is 7.80. The van der Waals surface area contributed by atoms with Crippen molar-refractivity contribution in [1.29, 1.82) is 15.8 Å². The number of Topliss-reactive ketones (excluding diaryl/α,β-unsaturated/α-hetero) is 2. The highest BCUT2D eigenvalue weighted by Crippen LogP contribution is 2.33. The van der Waals surface area contributed by atoms with E-state index < -0.39 is 63.0 Å². The van der Waals surface area contributed by atoms with E-state index in [9.17, 15) is 35.9 Å². The van der Waals surface area contributed by atoms with E-state index in [1.54, 1.807) is 6.92 Å². The molecule has 4 N–H and O–H groups in total. The van der Waals surface area contributed by atoms with Gasteiger partial charge in [0, 0.05) is 11.1 Å². The van der Waals surface area contributed by atoms with Crippen LogP contribution in [0.4, 0.5) is 26.3 Å². The highest BCUT2D eigenvalue weighted by Gasteiger charge is 2.37. The zero-order valence-corrected chi connectivity index (χ0v) is 21.3. The quantitative estimate of drug-likeness (QED) is 0.275. The number of hydrogen-bond acceptors (Lipinski definition) is 7. The summed E-state index contributed by atoms with van der Waals surface area (Å²) in [5, 5.41) is 25.7. The maximum absolute atomic E-state index is 12.7. The Morgan fingerprint density at radius 3 is 1.36 bits per heavy atom. The van der Waals surface area contributed by atoms with Gasteiger partial charge in [0.25, 0.3) is 0 Å². The fourth-order valence-electron chi connectivity index (χ4n) is 2.60. The van der Waals surface area contributed by atoms with Crippen LogP contribution in [0.2, 0.25) is 0 Å². The van der Waals surface area contributed by atoms with Crippen LogP contribution >= 0.6 is 24.4 Å². The van der Waals surface area contributed by atoms with Crippen molar-refractivity contribution in [3.05, 3.63) is 70.8 Å². The van der Waals surface area contributed by atoms with E-state index in [1.165, 1.54) is 30.3 Å². The Balaban J connectivity index is 0.000000652. The number of nitrogens with zero attached hydrogens (tertiary/aromatic N) is 3. The first-order valence-electron chi connectivity index (χ1n) is 10.1. The Bertz CT molecular complexity index is 1340. The first kappa shape index (κ1) is 34.6. The summed E-state index contributed by atoms with van der Waals surface area (Å²) in [6.45, 7) is 1.68. The second kappa shape index (κ2) is 15.1. The highest BCUT2D eigenvalue weighted by atomic mass is 32.1. The summed E-state index contributed by atoms with van der Waals surface area (Å²) in [4.78, 5) is 23.4. The van der Waals surface area contributed by atoms with Crippen molar-refractivity contribution >= 4 is 46.0 Å². The largest absolute Gasteiger partial charge is 0.417 e. The molecule has 1 atom stereocenters. The van der Waals surface area contributed by atoms with E-state index in [-0.39, 0.29) is 0 Å². The lowest BCUT2D eigenvalue weighted by molar-refractivity contribution is -0.138. The second-order valence-electron chi connectivity index (χ2n) is 7.08. The average molecular weight is 586 g/mol. The van der Waals surface area contributed by atoms with Crippen molar-refractivity contribution in [2.24, 2.45) is 23.3 Å². The molecule has 39 heavy (non-hydrogen) atoms. The number of carbonyl (C=O) groups excluding carboxylic acids is 2. The zero-order chi connectivity index (χ0) is 30.6. The van der Waals surface area contributed by atoms with Gasteiger partial charge in [0.15, 0.2) is 23.4 Å².